The van der Waals surface area contributed by atoms with Crippen LogP contribution in [0.1, 0.15) is 31.4 Å². The molecule has 1 N–H and O–H groups in total. The molecule has 1 aliphatic rings. The Morgan fingerprint density at radius 2 is 2.15 bits per heavy atom. The summed E-state index contributed by atoms with van der Waals surface area (Å²) in [5, 5.41) is 13.2. The van der Waals surface area contributed by atoms with Gasteiger partial charge in [0.25, 0.3) is 0 Å². The van der Waals surface area contributed by atoms with Crippen LogP contribution in [0.15, 0.2) is 22.7 Å². The molecule has 1 aromatic carbocycles. The van der Waals surface area contributed by atoms with Gasteiger partial charge in [0.2, 0.25) is 0 Å². The summed E-state index contributed by atoms with van der Waals surface area (Å²) in [6, 6.07) is 8.77. The zero-order valence-corrected chi connectivity index (χ0v) is 13.8. The Balaban J connectivity index is 2.08. The average molecular weight is 336 g/mol. The van der Waals surface area contributed by atoms with Crippen molar-refractivity contribution in [2.45, 2.75) is 32.2 Å². The highest BCUT2D eigenvalue weighted by Crippen LogP contribution is 2.37. The molecular formula is C16H22BrN3. The molecule has 0 radical (unpaired) electrons. The molecule has 2 rings (SSSR count). The SMILES string of the molecule is CCN(CC)CCNC1(C#N)CCc2cc(Br)ccc21. The lowest BCUT2D eigenvalue weighted by molar-refractivity contribution is 0.285. The van der Waals surface area contributed by atoms with E-state index >= 15 is 0 Å². The van der Waals surface area contributed by atoms with Crippen LogP contribution in [0, 0.1) is 11.3 Å². The summed E-state index contributed by atoms with van der Waals surface area (Å²) in [5.41, 5.74) is 1.95. The predicted molar refractivity (Wildman–Crippen MR) is 85.5 cm³/mol. The summed E-state index contributed by atoms with van der Waals surface area (Å²) >= 11 is 3.50. The van der Waals surface area contributed by atoms with E-state index in [9.17, 15) is 5.26 Å². The molecule has 0 spiro atoms. The molecule has 0 saturated heterocycles. The fraction of sp³-hybridized carbons (Fsp3) is 0.562. The number of aryl methyl sites for hydroxylation is 1. The van der Waals surface area contributed by atoms with Crippen molar-refractivity contribution < 1.29 is 0 Å². The number of fused-ring (bicyclic) bond motifs is 1. The number of hydrogen-bond acceptors (Lipinski definition) is 3. The van der Waals surface area contributed by atoms with E-state index in [-0.39, 0.29) is 0 Å². The molecule has 1 atom stereocenters. The van der Waals surface area contributed by atoms with Crippen LogP contribution in [0.5, 0.6) is 0 Å². The lowest BCUT2D eigenvalue weighted by Crippen LogP contribution is -2.43. The Hall–Kier alpha value is -0.890. The van der Waals surface area contributed by atoms with Crippen LogP contribution in [-0.4, -0.2) is 31.1 Å². The van der Waals surface area contributed by atoms with Crippen molar-refractivity contribution in [2.24, 2.45) is 0 Å². The first-order valence-corrected chi connectivity index (χ1v) is 8.12. The molecule has 20 heavy (non-hydrogen) atoms. The van der Waals surface area contributed by atoms with Gasteiger partial charge in [-0.25, -0.2) is 0 Å². The summed E-state index contributed by atoms with van der Waals surface area (Å²) in [5.74, 6) is 0. The zero-order chi connectivity index (χ0) is 14.6. The topological polar surface area (TPSA) is 39.1 Å². The molecule has 0 heterocycles. The van der Waals surface area contributed by atoms with Crippen molar-refractivity contribution in [1.29, 1.82) is 5.26 Å². The zero-order valence-electron chi connectivity index (χ0n) is 12.2. The third-order valence-corrected chi connectivity index (χ3v) is 4.73. The Bertz CT molecular complexity index is 505. The van der Waals surface area contributed by atoms with E-state index in [0.717, 1.165) is 49.1 Å². The maximum absolute atomic E-state index is 9.67. The van der Waals surface area contributed by atoms with Gasteiger partial charge in [0.15, 0.2) is 0 Å². The number of hydrogen-bond donors (Lipinski definition) is 1. The molecule has 3 nitrogen and oxygen atoms in total. The van der Waals surface area contributed by atoms with Gasteiger partial charge in [0.1, 0.15) is 5.54 Å². The smallest absolute Gasteiger partial charge is 0.132 e. The lowest BCUT2D eigenvalue weighted by atomic mass is 9.93. The lowest BCUT2D eigenvalue weighted by Gasteiger charge is -2.26. The highest BCUT2D eigenvalue weighted by molar-refractivity contribution is 9.10. The molecule has 1 unspecified atom stereocenters. The quantitative estimate of drug-likeness (QED) is 0.868. The molecule has 1 aliphatic carbocycles. The van der Waals surface area contributed by atoms with Gasteiger partial charge in [-0.2, -0.15) is 5.26 Å². The Morgan fingerprint density at radius 1 is 1.40 bits per heavy atom. The Labute approximate surface area is 130 Å². The summed E-state index contributed by atoms with van der Waals surface area (Å²) in [6.07, 6.45) is 1.84. The first kappa shape index (κ1) is 15.5. The second-order valence-electron chi connectivity index (χ2n) is 5.27. The molecule has 1 aromatic rings. The second-order valence-corrected chi connectivity index (χ2v) is 6.19. The molecule has 0 bridgehead atoms. The standard InChI is InChI=1S/C16H22BrN3/c1-3-20(4-2)10-9-19-16(12-18)8-7-13-11-14(17)5-6-15(13)16/h5-6,11,19H,3-4,7-10H2,1-2H3. The van der Waals surface area contributed by atoms with Crippen molar-refractivity contribution >= 4 is 15.9 Å². The maximum Gasteiger partial charge on any atom is 0.132 e. The first-order valence-electron chi connectivity index (χ1n) is 7.32. The van der Waals surface area contributed by atoms with Crippen molar-refractivity contribution in [2.75, 3.05) is 26.2 Å². The number of likely N-dealkylation sites (N-methyl/N-ethyl adjacent to an activating group) is 1. The summed E-state index contributed by atoms with van der Waals surface area (Å²) in [6.45, 7) is 8.30. The van der Waals surface area contributed by atoms with Crippen molar-refractivity contribution in [1.82, 2.24) is 10.2 Å². The van der Waals surface area contributed by atoms with Gasteiger partial charge in [-0.1, -0.05) is 35.8 Å². The fourth-order valence-corrected chi connectivity index (χ4v) is 3.36. The van der Waals surface area contributed by atoms with Crippen LogP contribution >= 0.6 is 15.9 Å². The van der Waals surface area contributed by atoms with E-state index < -0.39 is 5.54 Å². The normalized spacial score (nSPS) is 20.9. The molecule has 4 heteroatoms. The molecule has 0 amide bonds. The highest BCUT2D eigenvalue weighted by atomic mass is 79.9. The van der Waals surface area contributed by atoms with E-state index in [4.69, 9.17) is 0 Å². The number of rotatable bonds is 6. The van der Waals surface area contributed by atoms with E-state index in [1.165, 1.54) is 5.56 Å². The minimum atomic E-state index is -0.497. The number of nitrogens with zero attached hydrogens (tertiary/aromatic N) is 2. The largest absolute Gasteiger partial charge is 0.303 e. The summed E-state index contributed by atoms with van der Waals surface area (Å²) < 4.78 is 1.09. The van der Waals surface area contributed by atoms with Crippen LogP contribution in [0.3, 0.4) is 0 Å². The van der Waals surface area contributed by atoms with Crippen LogP contribution in [0.4, 0.5) is 0 Å². The van der Waals surface area contributed by atoms with E-state index in [1.807, 2.05) is 6.07 Å². The summed E-state index contributed by atoms with van der Waals surface area (Å²) in [4.78, 5) is 2.37. The number of benzene rings is 1. The van der Waals surface area contributed by atoms with Gasteiger partial charge in [-0.3, -0.25) is 5.32 Å². The molecule has 0 saturated carbocycles. The van der Waals surface area contributed by atoms with Gasteiger partial charge in [0.05, 0.1) is 6.07 Å². The maximum atomic E-state index is 9.67. The first-order chi connectivity index (χ1) is 9.65. The Morgan fingerprint density at radius 3 is 2.80 bits per heavy atom. The highest BCUT2D eigenvalue weighted by Gasteiger charge is 2.38. The molecular weight excluding hydrogens is 314 g/mol. The van der Waals surface area contributed by atoms with Crippen LogP contribution in [0.25, 0.3) is 0 Å². The third-order valence-electron chi connectivity index (χ3n) is 4.24. The average Bonchev–Trinajstić information content (AvgIpc) is 2.82. The van der Waals surface area contributed by atoms with E-state index in [2.05, 4.69) is 58.2 Å². The molecule has 0 aliphatic heterocycles. The van der Waals surface area contributed by atoms with E-state index in [0.29, 0.717) is 0 Å². The fourth-order valence-electron chi connectivity index (χ4n) is 2.95. The van der Waals surface area contributed by atoms with Crippen LogP contribution in [-0.2, 0) is 12.0 Å². The molecule has 108 valence electrons. The Kier molecular flexibility index (Phi) is 5.20. The minimum absolute atomic E-state index is 0.497. The van der Waals surface area contributed by atoms with E-state index in [1.54, 1.807) is 0 Å². The molecule has 0 fully saturated rings. The minimum Gasteiger partial charge on any atom is -0.303 e. The van der Waals surface area contributed by atoms with Crippen molar-refractivity contribution in [3.8, 4) is 6.07 Å². The van der Waals surface area contributed by atoms with Gasteiger partial charge >= 0.3 is 0 Å². The third kappa shape index (κ3) is 3.06. The molecule has 0 aromatic heterocycles. The second kappa shape index (κ2) is 6.71. The number of nitrogens with one attached hydrogen (secondary N) is 1. The number of halogens is 1. The van der Waals surface area contributed by atoms with Crippen molar-refractivity contribution in [3.05, 3.63) is 33.8 Å². The van der Waals surface area contributed by atoms with Crippen molar-refractivity contribution in [3.63, 3.8) is 0 Å². The van der Waals surface area contributed by atoms with Gasteiger partial charge in [-0.15, -0.1) is 0 Å². The van der Waals surface area contributed by atoms with Crippen LogP contribution in [0.2, 0.25) is 0 Å². The van der Waals surface area contributed by atoms with Gasteiger partial charge < -0.3 is 4.90 Å². The van der Waals surface area contributed by atoms with Gasteiger partial charge in [0, 0.05) is 17.6 Å². The van der Waals surface area contributed by atoms with Crippen LogP contribution < -0.4 is 5.32 Å². The van der Waals surface area contributed by atoms with Gasteiger partial charge in [-0.05, 0) is 49.2 Å². The summed E-state index contributed by atoms with van der Waals surface area (Å²) in [7, 11) is 0. The predicted octanol–water partition coefficient (Wildman–Crippen LogP) is 3.05. The number of nitriles is 1. The monoisotopic (exact) mass is 335 g/mol.